The largest absolute Gasteiger partial charge is 1.00 e. The standard InChI is InChI=1S/C11H12N2OS.ClH/c14-10(9-4-2-1-3-5-9)8-15-11-12-6-7-13-11;/h1-5H,6-8H2,(H,12,13);1H/p-1. The highest BCUT2D eigenvalue weighted by Crippen LogP contribution is 2.09. The van der Waals surface area contributed by atoms with Gasteiger partial charge in [0.05, 0.1) is 12.3 Å². The van der Waals surface area contributed by atoms with Gasteiger partial charge in [0.15, 0.2) is 11.0 Å². The number of benzene rings is 1. The van der Waals surface area contributed by atoms with Crippen molar-refractivity contribution in [2.24, 2.45) is 4.99 Å². The van der Waals surface area contributed by atoms with Gasteiger partial charge in [-0.1, -0.05) is 42.1 Å². The first-order chi connectivity index (χ1) is 7.36. The molecule has 0 bridgehead atoms. The molecule has 0 saturated heterocycles. The van der Waals surface area contributed by atoms with Crippen LogP contribution in [-0.2, 0) is 0 Å². The Balaban J connectivity index is 0.00000128. The quantitative estimate of drug-likeness (QED) is 0.674. The maximum atomic E-state index is 11.7. The molecule has 1 aromatic rings. The van der Waals surface area contributed by atoms with Gasteiger partial charge >= 0.3 is 0 Å². The van der Waals surface area contributed by atoms with Crippen LogP contribution in [-0.4, -0.2) is 29.8 Å². The molecule has 16 heavy (non-hydrogen) atoms. The molecule has 3 nitrogen and oxygen atoms in total. The van der Waals surface area contributed by atoms with Crippen LogP contribution in [0.1, 0.15) is 10.4 Å². The highest BCUT2D eigenvalue weighted by molar-refractivity contribution is 8.14. The monoisotopic (exact) mass is 255 g/mol. The van der Waals surface area contributed by atoms with E-state index in [2.05, 4.69) is 10.3 Å². The molecular formula is C11H12ClN2OS-. The Morgan fingerprint density at radius 2 is 2.12 bits per heavy atom. The average molecular weight is 256 g/mol. The van der Waals surface area contributed by atoms with Crippen molar-refractivity contribution in [3.8, 4) is 0 Å². The molecule has 0 spiro atoms. The van der Waals surface area contributed by atoms with E-state index in [1.807, 2.05) is 30.3 Å². The number of Topliss-reactive ketones (excluding diaryl/α,β-unsaturated/α-hetero) is 1. The zero-order valence-electron chi connectivity index (χ0n) is 8.65. The number of halogens is 1. The minimum atomic E-state index is 0. The van der Waals surface area contributed by atoms with Gasteiger partial charge in [0.1, 0.15) is 0 Å². The first-order valence-electron chi connectivity index (χ1n) is 4.85. The van der Waals surface area contributed by atoms with Gasteiger partial charge in [-0.2, -0.15) is 0 Å². The van der Waals surface area contributed by atoms with Crippen LogP contribution >= 0.6 is 11.8 Å². The number of rotatable bonds is 3. The van der Waals surface area contributed by atoms with E-state index in [0.717, 1.165) is 23.8 Å². The van der Waals surface area contributed by atoms with Crippen molar-refractivity contribution in [1.82, 2.24) is 5.32 Å². The van der Waals surface area contributed by atoms with E-state index in [-0.39, 0.29) is 18.2 Å². The Bertz CT molecular complexity index is 381. The number of carbonyl (C=O) groups is 1. The molecule has 2 rings (SSSR count). The third-order valence-corrected chi connectivity index (χ3v) is 3.03. The molecule has 0 radical (unpaired) electrons. The SMILES string of the molecule is O=C(CSC1=NCCN1)c1ccccc1.[Cl-]. The summed E-state index contributed by atoms with van der Waals surface area (Å²) in [6.07, 6.45) is 0. The summed E-state index contributed by atoms with van der Waals surface area (Å²) >= 11 is 1.48. The van der Waals surface area contributed by atoms with Crippen molar-refractivity contribution < 1.29 is 17.2 Å². The molecule has 0 amide bonds. The molecule has 0 aromatic heterocycles. The summed E-state index contributed by atoms with van der Waals surface area (Å²) in [6, 6.07) is 9.35. The lowest BCUT2D eigenvalue weighted by atomic mass is 10.2. The summed E-state index contributed by atoms with van der Waals surface area (Å²) in [6.45, 7) is 1.71. The summed E-state index contributed by atoms with van der Waals surface area (Å²) < 4.78 is 0. The van der Waals surface area contributed by atoms with Crippen LogP contribution in [0, 0.1) is 0 Å². The number of nitrogens with zero attached hydrogens (tertiary/aromatic N) is 1. The van der Waals surface area contributed by atoms with Crippen LogP contribution in [0.15, 0.2) is 35.3 Å². The number of hydrogen-bond acceptors (Lipinski definition) is 4. The van der Waals surface area contributed by atoms with Crippen molar-refractivity contribution in [3.05, 3.63) is 35.9 Å². The molecular weight excluding hydrogens is 244 g/mol. The molecule has 0 aliphatic carbocycles. The molecule has 1 aromatic carbocycles. The third-order valence-electron chi connectivity index (χ3n) is 2.08. The molecule has 5 heteroatoms. The lowest BCUT2D eigenvalue weighted by Crippen LogP contribution is -3.00. The number of amidine groups is 1. The lowest BCUT2D eigenvalue weighted by Gasteiger charge is -2.01. The maximum Gasteiger partial charge on any atom is 0.173 e. The molecule has 0 atom stereocenters. The predicted molar refractivity (Wildman–Crippen MR) is 63.5 cm³/mol. The lowest BCUT2D eigenvalue weighted by molar-refractivity contribution is -0.0000108. The molecule has 1 heterocycles. The van der Waals surface area contributed by atoms with Gasteiger partial charge in [0, 0.05) is 12.1 Å². The summed E-state index contributed by atoms with van der Waals surface area (Å²) in [5, 5.41) is 4.01. The van der Waals surface area contributed by atoms with E-state index >= 15 is 0 Å². The Hall–Kier alpha value is -1.00. The van der Waals surface area contributed by atoms with Crippen LogP contribution in [0.25, 0.3) is 0 Å². The van der Waals surface area contributed by atoms with Gasteiger partial charge in [-0.25, -0.2) is 0 Å². The second-order valence-corrected chi connectivity index (χ2v) is 4.16. The Morgan fingerprint density at radius 3 is 2.75 bits per heavy atom. The first kappa shape index (κ1) is 13.1. The average Bonchev–Trinajstić information content (AvgIpc) is 2.80. The highest BCUT2D eigenvalue weighted by atomic mass is 35.5. The number of carbonyl (C=O) groups excluding carboxylic acids is 1. The smallest absolute Gasteiger partial charge is 0.173 e. The summed E-state index contributed by atoms with van der Waals surface area (Å²) in [5.41, 5.74) is 0.767. The Kier molecular flexibility index (Phi) is 5.35. The van der Waals surface area contributed by atoms with Crippen LogP contribution in [0.3, 0.4) is 0 Å². The highest BCUT2D eigenvalue weighted by Gasteiger charge is 2.10. The van der Waals surface area contributed by atoms with Crippen LogP contribution in [0.5, 0.6) is 0 Å². The minimum Gasteiger partial charge on any atom is -1.00 e. The van der Waals surface area contributed by atoms with Gasteiger partial charge in [0.25, 0.3) is 0 Å². The Morgan fingerprint density at radius 1 is 1.38 bits per heavy atom. The van der Waals surface area contributed by atoms with Gasteiger partial charge < -0.3 is 17.7 Å². The van der Waals surface area contributed by atoms with Gasteiger partial charge in [-0.3, -0.25) is 9.79 Å². The van der Waals surface area contributed by atoms with Crippen LogP contribution in [0.4, 0.5) is 0 Å². The minimum absolute atomic E-state index is 0. The second-order valence-electron chi connectivity index (χ2n) is 3.19. The normalized spacial score (nSPS) is 13.6. The number of ketones is 1. The van der Waals surface area contributed by atoms with Gasteiger partial charge in [-0.05, 0) is 0 Å². The van der Waals surface area contributed by atoms with Crippen molar-refractivity contribution >= 4 is 22.7 Å². The van der Waals surface area contributed by atoms with Crippen LogP contribution in [0.2, 0.25) is 0 Å². The molecule has 1 aliphatic heterocycles. The summed E-state index contributed by atoms with van der Waals surface area (Å²) in [7, 11) is 0. The molecule has 1 N–H and O–H groups in total. The zero-order chi connectivity index (χ0) is 10.5. The Labute approximate surface area is 105 Å². The topological polar surface area (TPSA) is 41.5 Å². The first-order valence-corrected chi connectivity index (χ1v) is 5.84. The second kappa shape index (κ2) is 6.55. The predicted octanol–water partition coefficient (Wildman–Crippen LogP) is -1.43. The van der Waals surface area contributed by atoms with E-state index in [9.17, 15) is 4.79 Å². The van der Waals surface area contributed by atoms with Crippen molar-refractivity contribution in [2.75, 3.05) is 18.8 Å². The van der Waals surface area contributed by atoms with E-state index in [4.69, 9.17) is 0 Å². The van der Waals surface area contributed by atoms with E-state index < -0.39 is 0 Å². The van der Waals surface area contributed by atoms with Crippen LogP contribution < -0.4 is 17.7 Å². The summed E-state index contributed by atoms with van der Waals surface area (Å²) in [5.74, 6) is 0.604. The van der Waals surface area contributed by atoms with E-state index in [1.165, 1.54) is 11.8 Å². The van der Waals surface area contributed by atoms with Gasteiger partial charge in [0.2, 0.25) is 0 Å². The van der Waals surface area contributed by atoms with E-state index in [0.29, 0.717) is 5.75 Å². The fourth-order valence-corrected chi connectivity index (χ4v) is 2.14. The molecule has 0 fully saturated rings. The number of aliphatic imine (C=N–C) groups is 1. The number of nitrogens with one attached hydrogen (secondary N) is 1. The number of thioether (sulfide) groups is 1. The molecule has 0 unspecified atom stereocenters. The third kappa shape index (κ3) is 3.54. The van der Waals surface area contributed by atoms with E-state index in [1.54, 1.807) is 0 Å². The number of hydrogen-bond donors (Lipinski definition) is 1. The molecule has 0 saturated carbocycles. The fourth-order valence-electron chi connectivity index (χ4n) is 1.31. The zero-order valence-corrected chi connectivity index (χ0v) is 10.2. The van der Waals surface area contributed by atoms with Gasteiger partial charge in [-0.15, -0.1) is 0 Å². The van der Waals surface area contributed by atoms with Crippen molar-refractivity contribution in [3.63, 3.8) is 0 Å². The maximum absolute atomic E-state index is 11.7. The summed E-state index contributed by atoms with van der Waals surface area (Å²) in [4.78, 5) is 15.9. The molecule has 86 valence electrons. The molecule has 1 aliphatic rings. The van der Waals surface area contributed by atoms with Crippen molar-refractivity contribution in [2.45, 2.75) is 0 Å². The van der Waals surface area contributed by atoms with Crippen molar-refractivity contribution in [1.29, 1.82) is 0 Å². The fraction of sp³-hybridized carbons (Fsp3) is 0.273.